The van der Waals surface area contributed by atoms with Crippen molar-refractivity contribution in [2.75, 3.05) is 23.5 Å². The number of ether oxygens (including phenoxy) is 1. The predicted molar refractivity (Wildman–Crippen MR) is 125 cm³/mol. The van der Waals surface area contributed by atoms with Crippen LogP contribution in [-0.4, -0.2) is 50.3 Å². The molecule has 0 aromatic heterocycles. The van der Waals surface area contributed by atoms with Crippen LogP contribution in [0, 0.1) is 5.92 Å². The number of hydrogen-bond donors (Lipinski definition) is 2. The molecule has 32 heavy (non-hydrogen) atoms. The smallest absolute Gasteiger partial charge is 0.264 e. The molecule has 2 heterocycles. The standard InChI is InChI=1S/C24H30N2O5Si/c1-16-22(32(3,4)30)21(12-13-27)31-24(16)19-14-18(10-11-20(19)25(2)23(24)29)26(15-28)17-8-6-5-7-9-17/h5-11,14-16,21-22,27,30H,12-13H2,1-4H3/t16-,21+,22-,24+/m0/s1. The van der Waals surface area contributed by atoms with Crippen LogP contribution >= 0.6 is 0 Å². The number of carbonyl (C=O) groups is 2. The third-order valence-electron chi connectivity index (χ3n) is 6.93. The first-order valence-electron chi connectivity index (χ1n) is 10.9. The van der Waals surface area contributed by atoms with Crippen molar-refractivity contribution >= 4 is 37.7 Å². The van der Waals surface area contributed by atoms with Gasteiger partial charge in [-0.15, -0.1) is 0 Å². The van der Waals surface area contributed by atoms with E-state index in [0.717, 1.165) is 17.8 Å². The number of anilines is 3. The highest BCUT2D eigenvalue weighted by molar-refractivity contribution is 6.71. The molecule has 1 fully saturated rings. The van der Waals surface area contributed by atoms with Gasteiger partial charge in [-0.25, -0.2) is 0 Å². The fourth-order valence-electron chi connectivity index (χ4n) is 5.58. The van der Waals surface area contributed by atoms with Gasteiger partial charge in [-0.05, 0) is 49.8 Å². The molecule has 8 heteroatoms. The first-order valence-corrected chi connectivity index (χ1v) is 13.9. The number of nitrogens with zero attached hydrogens (tertiary/aromatic N) is 2. The summed E-state index contributed by atoms with van der Waals surface area (Å²) in [7, 11) is -1.00. The third kappa shape index (κ3) is 3.29. The highest BCUT2D eigenvalue weighted by Crippen LogP contribution is 2.59. The minimum absolute atomic E-state index is 0.0850. The molecule has 0 radical (unpaired) electrons. The van der Waals surface area contributed by atoms with Crippen molar-refractivity contribution in [2.45, 2.75) is 43.7 Å². The van der Waals surface area contributed by atoms with Crippen LogP contribution in [-0.2, 0) is 19.9 Å². The number of benzene rings is 2. The second kappa shape index (κ2) is 8.11. The Bertz CT molecular complexity index is 1020. The van der Waals surface area contributed by atoms with E-state index in [4.69, 9.17) is 4.74 Å². The van der Waals surface area contributed by atoms with Gasteiger partial charge < -0.3 is 19.5 Å². The van der Waals surface area contributed by atoms with E-state index >= 15 is 0 Å². The van der Waals surface area contributed by atoms with Gasteiger partial charge in [-0.3, -0.25) is 14.5 Å². The SMILES string of the molecule is C[C@H]1[C@H]([Si](C)(C)O)[C@@H](CCO)O[C@]12C(=O)N(C)c1ccc(N(C=O)c3ccccc3)cc12. The summed E-state index contributed by atoms with van der Waals surface area (Å²) < 4.78 is 6.50. The Morgan fingerprint density at radius 3 is 2.47 bits per heavy atom. The summed E-state index contributed by atoms with van der Waals surface area (Å²) in [5.74, 6) is -0.475. The summed E-state index contributed by atoms with van der Waals surface area (Å²) in [6.45, 7) is 5.57. The molecule has 4 rings (SSSR count). The Morgan fingerprint density at radius 2 is 1.88 bits per heavy atom. The number of hydrogen-bond acceptors (Lipinski definition) is 5. The fourth-order valence-corrected chi connectivity index (χ4v) is 8.18. The maximum absolute atomic E-state index is 13.6. The van der Waals surface area contributed by atoms with Crippen molar-refractivity contribution in [3.05, 3.63) is 54.1 Å². The summed E-state index contributed by atoms with van der Waals surface area (Å²) >= 11 is 0. The highest BCUT2D eigenvalue weighted by atomic mass is 28.4. The molecule has 2 aliphatic rings. The van der Waals surface area contributed by atoms with E-state index in [0.29, 0.717) is 17.7 Å². The van der Waals surface area contributed by atoms with Gasteiger partial charge in [0.25, 0.3) is 5.91 Å². The van der Waals surface area contributed by atoms with E-state index in [2.05, 4.69) is 0 Å². The molecule has 170 valence electrons. The van der Waals surface area contributed by atoms with Crippen LogP contribution in [0.3, 0.4) is 0 Å². The van der Waals surface area contributed by atoms with Crippen molar-refractivity contribution < 1.29 is 24.2 Å². The number of aliphatic hydroxyl groups excluding tert-OH is 1. The van der Waals surface area contributed by atoms with Crippen molar-refractivity contribution in [1.29, 1.82) is 0 Å². The number of likely N-dealkylation sites (N-methyl/N-ethyl adjacent to an activating group) is 1. The zero-order chi connectivity index (χ0) is 23.3. The van der Waals surface area contributed by atoms with Gasteiger partial charge in [0.2, 0.25) is 6.41 Å². The highest BCUT2D eigenvalue weighted by Gasteiger charge is 2.65. The molecule has 2 N–H and O–H groups in total. The number of amides is 2. The van der Waals surface area contributed by atoms with Crippen LogP contribution in [0.15, 0.2) is 48.5 Å². The molecule has 2 aromatic carbocycles. The van der Waals surface area contributed by atoms with E-state index in [1.54, 1.807) is 11.9 Å². The zero-order valence-corrected chi connectivity index (χ0v) is 19.9. The van der Waals surface area contributed by atoms with Gasteiger partial charge in [0.05, 0.1) is 11.8 Å². The summed E-state index contributed by atoms with van der Waals surface area (Å²) in [4.78, 5) is 39.8. The Hall–Kier alpha value is -2.52. The molecule has 0 unspecified atom stereocenters. The maximum Gasteiger partial charge on any atom is 0.264 e. The number of para-hydroxylation sites is 1. The first kappa shape index (κ1) is 22.7. The van der Waals surface area contributed by atoms with Crippen molar-refractivity contribution in [3.63, 3.8) is 0 Å². The number of fused-ring (bicyclic) bond motifs is 2. The summed E-state index contributed by atoms with van der Waals surface area (Å²) in [5, 5.41) is 9.63. The topological polar surface area (TPSA) is 90.3 Å². The van der Waals surface area contributed by atoms with Gasteiger partial charge in [0.1, 0.15) is 0 Å². The third-order valence-corrected chi connectivity index (χ3v) is 9.43. The first-order chi connectivity index (χ1) is 15.2. The second-order valence-corrected chi connectivity index (χ2v) is 13.2. The normalized spacial score (nSPS) is 27.1. The average molecular weight is 455 g/mol. The predicted octanol–water partition coefficient (Wildman–Crippen LogP) is 3.14. The van der Waals surface area contributed by atoms with Crippen molar-refractivity contribution in [1.82, 2.24) is 0 Å². The van der Waals surface area contributed by atoms with Crippen LogP contribution < -0.4 is 9.80 Å². The van der Waals surface area contributed by atoms with Crippen LogP contribution in [0.25, 0.3) is 0 Å². The van der Waals surface area contributed by atoms with Gasteiger partial charge in [0, 0.05) is 42.1 Å². The molecule has 0 bridgehead atoms. The van der Waals surface area contributed by atoms with Crippen LogP contribution in [0.4, 0.5) is 17.1 Å². The zero-order valence-electron chi connectivity index (χ0n) is 18.9. The largest absolute Gasteiger partial charge is 0.432 e. The Balaban J connectivity index is 1.86. The molecule has 0 saturated carbocycles. The van der Waals surface area contributed by atoms with Gasteiger partial charge in [-0.1, -0.05) is 25.1 Å². The van der Waals surface area contributed by atoms with E-state index in [1.165, 1.54) is 4.90 Å². The lowest BCUT2D eigenvalue weighted by Gasteiger charge is -2.32. The van der Waals surface area contributed by atoms with Crippen LogP contribution in [0.1, 0.15) is 18.9 Å². The fraction of sp³-hybridized carbons (Fsp3) is 0.417. The van der Waals surface area contributed by atoms with E-state index < -0.39 is 20.0 Å². The molecule has 1 saturated heterocycles. The lowest BCUT2D eigenvalue weighted by Crippen LogP contribution is -2.45. The molecule has 2 aliphatic heterocycles. The Morgan fingerprint density at radius 1 is 1.19 bits per heavy atom. The Labute approximate surface area is 189 Å². The van der Waals surface area contributed by atoms with Crippen molar-refractivity contribution in [2.24, 2.45) is 5.92 Å². The average Bonchev–Trinajstić information content (AvgIpc) is 3.17. The lowest BCUT2D eigenvalue weighted by molar-refractivity contribution is -0.146. The summed E-state index contributed by atoms with van der Waals surface area (Å²) in [6.07, 6.45) is 0.680. The summed E-state index contributed by atoms with van der Waals surface area (Å²) in [6, 6.07) is 14.8. The molecular weight excluding hydrogens is 424 g/mol. The second-order valence-electron chi connectivity index (χ2n) is 9.25. The van der Waals surface area contributed by atoms with Crippen molar-refractivity contribution in [3.8, 4) is 0 Å². The Kier molecular flexibility index (Phi) is 5.75. The molecule has 7 nitrogen and oxygen atoms in total. The molecule has 2 aromatic rings. The van der Waals surface area contributed by atoms with E-state index in [9.17, 15) is 19.5 Å². The molecule has 4 atom stereocenters. The lowest BCUT2D eigenvalue weighted by atomic mass is 9.82. The number of rotatable bonds is 6. The molecule has 0 aliphatic carbocycles. The van der Waals surface area contributed by atoms with Crippen LogP contribution in [0.2, 0.25) is 18.6 Å². The van der Waals surface area contributed by atoms with Gasteiger partial charge in [0.15, 0.2) is 13.9 Å². The van der Waals surface area contributed by atoms with Gasteiger partial charge in [-0.2, -0.15) is 0 Å². The minimum atomic E-state index is -2.72. The number of carbonyl (C=O) groups excluding carboxylic acids is 2. The van der Waals surface area contributed by atoms with E-state index in [1.807, 2.05) is 68.5 Å². The minimum Gasteiger partial charge on any atom is -0.432 e. The molecule has 1 spiro atoms. The summed E-state index contributed by atoms with van der Waals surface area (Å²) in [5.41, 5.74) is 1.29. The van der Waals surface area contributed by atoms with Gasteiger partial charge >= 0.3 is 0 Å². The van der Waals surface area contributed by atoms with Crippen LogP contribution in [0.5, 0.6) is 0 Å². The molecule has 2 amide bonds. The van der Waals surface area contributed by atoms with E-state index in [-0.39, 0.29) is 24.0 Å². The maximum atomic E-state index is 13.6. The number of aliphatic hydroxyl groups is 1. The molecular formula is C24H30N2O5Si. The monoisotopic (exact) mass is 454 g/mol. The quantitative estimate of drug-likeness (QED) is 0.517.